The van der Waals surface area contributed by atoms with Crippen molar-refractivity contribution in [1.29, 1.82) is 0 Å². The van der Waals surface area contributed by atoms with Gasteiger partial charge in [0.05, 0.1) is 11.1 Å². The van der Waals surface area contributed by atoms with E-state index in [9.17, 15) is 9.59 Å². The minimum Gasteiger partial charge on any atom is -0.459 e. The molecule has 1 heterocycles. The lowest BCUT2D eigenvalue weighted by molar-refractivity contribution is 0.0246. The predicted octanol–water partition coefficient (Wildman–Crippen LogP) is 4.24. The van der Waals surface area contributed by atoms with Gasteiger partial charge in [-0.1, -0.05) is 30.3 Å². The van der Waals surface area contributed by atoms with E-state index in [1.54, 1.807) is 18.2 Å². The van der Waals surface area contributed by atoms with Gasteiger partial charge in [0.25, 0.3) is 0 Å². The molecule has 0 N–H and O–H groups in total. The molecule has 4 heteroatoms. The number of esters is 2. The van der Waals surface area contributed by atoms with Crippen molar-refractivity contribution >= 4 is 11.9 Å². The molecule has 0 bridgehead atoms. The Balaban J connectivity index is 1.56. The number of ether oxygens (including phenoxy) is 2. The number of hydrogen-bond acceptors (Lipinski definition) is 4. The van der Waals surface area contributed by atoms with Crippen LogP contribution in [0.15, 0.2) is 48.5 Å². The first-order valence-corrected chi connectivity index (χ1v) is 8.80. The van der Waals surface area contributed by atoms with Gasteiger partial charge in [0.1, 0.15) is 12.2 Å². The Morgan fingerprint density at radius 1 is 1.04 bits per heavy atom. The van der Waals surface area contributed by atoms with E-state index in [-0.39, 0.29) is 24.1 Å². The van der Waals surface area contributed by atoms with Crippen LogP contribution in [0.2, 0.25) is 0 Å². The average molecular weight is 336 g/mol. The second kappa shape index (κ2) is 6.71. The van der Waals surface area contributed by atoms with Gasteiger partial charge in [-0.3, -0.25) is 0 Å². The SMILES string of the molecule is O=C(OC1CCCC1)c1ccc2c(c1)CC(c1ccccc1)OC2=O. The molecule has 4 rings (SSSR count). The molecule has 2 aliphatic rings. The number of carbonyl (C=O) groups excluding carboxylic acids is 2. The van der Waals surface area contributed by atoms with E-state index in [1.165, 1.54) is 0 Å². The summed E-state index contributed by atoms with van der Waals surface area (Å²) >= 11 is 0. The van der Waals surface area contributed by atoms with Crippen molar-refractivity contribution in [3.63, 3.8) is 0 Å². The Morgan fingerprint density at radius 2 is 1.80 bits per heavy atom. The van der Waals surface area contributed by atoms with Crippen LogP contribution in [-0.4, -0.2) is 18.0 Å². The van der Waals surface area contributed by atoms with E-state index in [0.717, 1.165) is 36.8 Å². The number of benzene rings is 2. The summed E-state index contributed by atoms with van der Waals surface area (Å²) in [5.41, 5.74) is 2.84. The van der Waals surface area contributed by atoms with Crippen molar-refractivity contribution in [2.24, 2.45) is 0 Å². The van der Waals surface area contributed by atoms with Gasteiger partial charge in [-0.15, -0.1) is 0 Å². The Bertz CT molecular complexity index is 791. The molecule has 4 nitrogen and oxygen atoms in total. The fourth-order valence-corrected chi connectivity index (χ4v) is 3.60. The second-order valence-electron chi connectivity index (χ2n) is 6.69. The molecule has 1 aliphatic heterocycles. The van der Waals surface area contributed by atoms with Crippen molar-refractivity contribution in [3.8, 4) is 0 Å². The van der Waals surface area contributed by atoms with Crippen LogP contribution >= 0.6 is 0 Å². The summed E-state index contributed by atoms with van der Waals surface area (Å²) < 4.78 is 11.1. The fraction of sp³-hybridized carbons (Fsp3) is 0.333. The van der Waals surface area contributed by atoms with Gasteiger partial charge < -0.3 is 9.47 Å². The predicted molar refractivity (Wildman–Crippen MR) is 92.4 cm³/mol. The molecule has 1 fully saturated rings. The maximum absolute atomic E-state index is 12.4. The summed E-state index contributed by atoms with van der Waals surface area (Å²) in [6.07, 6.45) is 4.40. The molecule has 25 heavy (non-hydrogen) atoms. The van der Waals surface area contributed by atoms with E-state index in [2.05, 4.69) is 0 Å². The van der Waals surface area contributed by atoms with Crippen LogP contribution in [-0.2, 0) is 15.9 Å². The number of carbonyl (C=O) groups is 2. The largest absolute Gasteiger partial charge is 0.459 e. The van der Waals surface area contributed by atoms with Crippen LogP contribution < -0.4 is 0 Å². The van der Waals surface area contributed by atoms with Gasteiger partial charge in [0.15, 0.2) is 0 Å². The summed E-state index contributed by atoms with van der Waals surface area (Å²) in [6, 6.07) is 14.8. The minimum atomic E-state index is -0.342. The lowest BCUT2D eigenvalue weighted by Crippen LogP contribution is -2.23. The third-order valence-electron chi connectivity index (χ3n) is 4.96. The molecule has 0 radical (unpaired) electrons. The third-order valence-corrected chi connectivity index (χ3v) is 4.96. The smallest absolute Gasteiger partial charge is 0.339 e. The van der Waals surface area contributed by atoms with E-state index in [1.807, 2.05) is 30.3 Å². The highest BCUT2D eigenvalue weighted by atomic mass is 16.5. The zero-order chi connectivity index (χ0) is 17.2. The van der Waals surface area contributed by atoms with Crippen molar-refractivity contribution in [2.45, 2.75) is 44.3 Å². The summed E-state index contributed by atoms with van der Waals surface area (Å²) in [4.78, 5) is 24.7. The first kappa shape index (κ1) is 15.9. The zero-order valence-corrected chi connectivity index (χ0v) is 13.9. The topological polar surface area (TPSA) is 52.6 Å². The normalized spacial score (nSPS) is 20.0. The van der Waals surface area contributed by atoms with Crippen LogP contribution in [0, 0.1) is 0 Å². The second-order valence-corrected chi connectivity index (χ2v) is 6.69. The molecule has 1 atom stereocenters. The molecule has 1 aliphatic carbocycles. The van der Waals surface area contributed by atoms with Crippen molar-refractivity contribution in [3.05, 3.63) is 70.8 Å². The van der Waals surface area contributed by atoms with Gasteiger partial charge >= 0.3 is 11.9 Å². The third kappa shape index (κ3) is 3.29. The van der Waals surface area contributed by atoms with E-state index >= 15 is 0 Å². The van der Waals surface area contributed by atoms with Gasteiger partial charge in [0.2, 0.25) is 0 Å². The molecule has 0 spiro atoms. The summed E-state index contributed by atoms with van der Waals surface area (Å²) in [5, 5.41) is 0. The monoisotopic (exact) mass is 336 g/mol. The first-order chi connectivity index (χ1) is 12.2. The Kier molecular flexibility index (Phi) is 4.26. The Morgan fingerprint density at radius 3 is 2.56 bits per heavy atom. The minimum absolute atomic E-state index is 0.0329. The molecule has 1 unspecified atom stereocenters. The fourth-order valence-electron chi connectivity index (χ4n) is 3.60. The molecule has 2 aromatic rings. The van der Waals surface area contributed by atoms with Crippen LogP contribution in [0.25, 0.3) is 0 Å². The molecule has 128 valence electrons. The molecule has 2 aromatic carbocycles. The lowest BCUT2D eigenvalue weighted by Gasteiger charge is -2.25. The van der Waals surface area contributed by atoms with Crippen LogP contribution in [0.3, 0.4) is 0 Å². The zero-order valence-electron chi connectivity index (χ0n) is 13.9. The molecule has 0 amide bonds. The molecule has 0 aromatic heterocycles. The first-order valence-electron chi connectivity index (χ1n) is 8.80. The standard InChI is InChI=1S/C21H20O4/c22-20(24-17-8-4-5-9-17)15-10-11-18-16(12-15)13-19(25-21(18)23)14-6-2-1-3-7-14/h1-3,6-7,10-12,17,19H,4-5,8-9,13H2. The Labute approximate surface area is 146 Å². The summed E-state index contributed by atoms with van der Waals surface area (Å²) in [6.45, 7) is 0. The maximum Gasteiger partial charge on any atom is 0.339 e. The Hall–Kier alpha value is -2.62. The van der Waals surface area contributed by atoms with Crippen LogP contribution in [0.4, 0.5) is 0 Å². The van der Waals surface area contributed by atoms with Gasteiger partial charge in [0, 0.05) is 6.42 Å². The quantitative estimate of drug-likeness (QED) is 0.787. The summed E-state index contributed by atoms with van der Waals surface area (Å²) in [5.74, 6) is -0.643. The highest BCUT2D eigenvalue weighted by Crippen LogP contribution is 2.31. The van der Waals surface area contributed by atoms with Crippen molar-refractivity contribution in [2.75, 3.05) is 0 Å². The van der Waals surface area contributed by atoms with Gasteiger partial charge in [-0.05, 0) is 55.0 Å². The number of rotatable bonds is 3. The average Bonchev–Trinajstić information content (AvgIpc) is 3.15. The molecular formula is C21H20O4. The molecule has 1 saturated carbocycles. The van der Waals surface area contributed by atoms with E-state index in [0.29, 0.717) is 17.5 Å². The molecule has 0 saturated heterocycles. The number of fused-ring (bicyclic) bond motifs is 1. The van der Waals surface area contributed by atoms with Crippen molar-refractivity contribution < 1.29 is 19.1 Å². The van der Waals surface area contributed by atoms with Gasteiger partial charge in [-0.25, -0.2) is 9.59 Å². The maximum atomic E-state index is 12.4. The highest BCUT2D eigenvalue weighted by Gasteiger charge is 2.29. The highest BCUT2D eigenvalue weighted by molar-refractivity contribution is 5.95. The van der Waals surface area contributed by atoms with E-state index in [4.69, 9.17) is 9.47 Å². The van der Waals surface area contributed by atoms with Crippen molar-refractivity contribution in [1.82, 2.24) is 0 Å². The number of hydrogen-bond donors (Lipinski definition) is 0. The van der Waals surface area contributed by atoms with Crippen LogP contribution in [0.1, 0.15) is 63.6 Å². The lowest BCUT2D eigenvalue weighted by atomic mass is 9.93. The summed E-state index contributed by atoms with van der Waals surface area (Å²) in [7, 11) is 0. The van der Waals surface area contributed by atoms with E-state index < -0.39 is 0 Å². The van der Waals surface area contributed by atoms with Gasteiger partial charge in [-0.2, -0.15) is 0 Å². The molecular weight excluding hydrogens is 316 g/mol. The number of cyclic esters (lactones) is 1. The van der Waals surface area contributed by atoms with Crippen LogP contribution in [0.5, 0.6) is 0 Å².